The van der Waals surface area contributed by atoms with Gasteiger partial charge in [0.15, 0.2) is 0 Å². The van der Waals surface area contributed by atoms with E-state index in [0.29, 0.717) is 10.7 Å². The molecule has 1 atom stereocenters. The van der Waals surface area contributed by atoms with Gasteiger partial charge in [-0.2, -0.15) is 0 Å². The number of allylic oxidation sites excluding steroid dienone is 3. The summed E-state index contributed by atoms with van der Waals surface area (Å²) >= 11 is 6.09. The van der Waals surface area contributed by atoms with Crippen LogP contribution in [0.3, 0.4) is 0 Å². The Morgan fingerprint density at radius 1 is 1.28 bits per heavy atom. The maximum Gasteiger partial charge on any atom is 0.251 e. The van der Waals surface area contributed by atoms with Gasteiger partial charge in [-0.3, -0.25) is 9.59 Å². The highest BCUT2D eigenvalue weighted by atomic mass is 35.5. The van der Waals surface area contributed by atoms with Gasteiger partial charge >= 0.3 is 0 Å². The number of carbonyl (C=O) groups excluding carboxylic acids is 2. The van der Waals surface area contributed by atoms with Gasteiger partial charge in [0.2, 0.25) is 0 Å². The second-order valence-electron chi connectivity index (χ2n) is 6.45. The maximum atomic E-state index is 12.2. The van der Waals surface area contributed by atoms with E-state index in [4.69, 9.17) is 11.6 Å². The molecule has 0 aromatic heterocycles. The van der Waals surface area contributed by atoms with Crippen molar-refractivity contribution in [3.05, 3.63) is 69.9 Å². The van der Waals surface area contributed by atoms with Gasteiger partial charge in [0.25, 0.3) is 11.8 Å². The summed E-state index contributed by atoms with van der Waals surface area (Å²) in [5, 5.41) is 3.52. The lowest BCUT2D eigenvalue weighted by Gasteiger charge is -2.28. The Morgan fingerprint density at radius 3 is 2.96 bits per heavy atom. The normalized spacial score (nSPS) is 23.2. The molecule has 0 radical (unpaired) electrons. The van der Waals surface area contributed by atoms with E-state index < -0.39 is 0 Å². The first kappa shape index (κ1) is 16.0. The second kappa shape index (κ2) is 6.45. The summed E-state index contributed by atoms with van der Waals surface area (Å²) in [5.74, 6) is -0.147. The maximum absolute atomic E-state index is 12.2. The first-order valence-corrected chi connectivity index (χ1v) is 8.77. The van der Waals surface area contributed by atoms with Crippen LogP contribution in [-0.2, 0) is 16.0 Å². The predicted molar refractivity (Wildman–Crippen MR) is 97.3 cm³/mol. The Morgan fingerprint density at radius 2 is 2.12 bits per heavy atom. The Hall–Kier alpha value is -2.46. The van der Waals surface area contributed by atoms with Crippen LogP contribution in [0, 0.1) is 5.92 Å². The molecule has 1 aromatic rings. The van der Waals surface area contributed by atoms with Crippen molar-refractivity contribution in [3.63, 3.8) is 0 Å². The molecule has 0 spiro atoms. The number of amides is 2. The van der Waals surface area contributed by atoms with Crippen LogP contribution in [-0.4, -0.2) is 17.5 Å². The third kappa shape index (κ3) is 3.10. The van der Waals surface area contributed by atoms with Crippen molar-refractivity contribution in [3.8, 4) is 0 Å². The first-order valence-electron chi connectivity index (χ1n) is 8.40. The average Bonchev–Trinajstić information content (AvgIpc) is 3.07. The lowest BCUT2D eigenvalue weighted by molar-refractivity contribution is -0.118. The molecule has 3 aliphatic rings. The van der Waals surface area contributed by atoms with Crippen LogP contribution in [0.5, 0.6) is 0 Å². The number of benzene rings is 1. The Labute approximate surface area is 151 Å². The second-order valence-corrected chi connectivity index (χ2v) is 6.85. The van der Waals surface area contributed by atoms with E-state index in [2.05, 4.69) is 10.3 Å². The summed E-state index contributed by atoms with van der Waals surface area (Å²) in [6.07, 6.45) is 8.70. The Kier molecular flexibility index (Phi) is 4.14. The molecule has 25 heavy (non-hydrogen) atoms. The number of hydrogen-bond acceptors (Lipinski definition) is 2. The quantitative estimate of drug-likeness (QED) is 0.885. The summed E-state index contributed by atoms with van der Waals surface area (Å²) in [7, 11) is 0. The van der Waals surface area contributed by atoms with Gasteiger partial charge in [0.05, 0.1) is 12.1 Å². The fourth-order valence-electron chi connectivity index (χ4n) is 3.65. The number of halogens is 1. The van der Waals surface area contributed by atoms with Crippen molar-refractivity contribution in [1.29, 1.82) is 0 Å². The van der Waals surface area contributed by atoms with Crippen LogP contribution in [0.15, 0.2) is 64.3 Å². The molecule has 1 aliphatic heterocycles. The third-order valence-electron chi connectivity index (χ3n) is 4.82. The molecule has 5 heteroatoms. The summed E-state index contributed by atoms with van der Waals surface area (Å²) in [6.45, 7) is 0. The number of nitrogens with zero attached hydrogens (tertiary/aromatic N) is 1. The first-order chi connectivity index (χ1) is 12.1. The van der Waals surface area contributed by atoms with E-state index in [1.54, 1.807) is 12.1 Å². The summed E-state index contributed by atoms with van der Waals surface area (Å²) < 4.78 is 0. The largest absolute Gasteiger partial charge is 0.325 e. The number of aliphatic imine (C=N–C) groups is 1. The van der Waals surface area contributed by atoms with Crippen LogP contribution >= 0.6 is 11.6 Å². The Balaban J connectivity index is 1.55. The van der Waals surface area contributed by atoms with Gasteiger partial charge in [-0.1, -0.05) is 35.9 Å². The van der Waals surface area contributed by atoms with E-state index in [9.17, 15) is 9.59 Å². The van der Waals surface area contributed by atoms with Crippen LogP contribution in [0.25, 0.3) is 0 Å². The van der Waals surface area contributed by atoms with Crippen molar-refractivity contribution in [1.82, 2.24) is 5.32 Å². The van der Waals surface area contributed by atoms with Crippen molar-refractivity contribution in [2.45, 2.75) is 25.7 Å². The van der Waals surface area contributed by atoms with Crippen molar-refractivity contribution >= 4 is 29.1 Å². The molecule has 4 nitrogen and oxygen atoms in total. The molecule has 1 unspecified atom stereocenters. The molecule has 0 bridgehead atoms. The molecular formula is C20H17ClN2O2. The van der Waals surface area contributed by atoms with E-state index >= 15 is 0 Å². The van der Waals surface area contributed by atoms with Gasteiger partial charge in [-0.15, -0.1) is 0 Å². The number of rotatable bonds is 2. The van der Waals surface area contributed by atoms with Crippen molar-refractivity contribution in [2.24, 2.45) is 10.9 Å². The average molecular weight is 353 g/mol. The van der Waals surface area contributed by atoms with Crippen molar-refractivity contribution in [2.75, 3.05) is 0 Å². The minimum atomic E-state index is -0.258. The third-order valence-corrected chi connectivity index (χ3v) is 5.19. The molecule has 2 aliphatic carbocycles. The van der Waals surface area contributed by atoms with E-state index in [0.717, 1.165) is 36.1 Å². The molecule has 126 valence electrons. The summed E-state index contributed by atoms with van der Waals surface area (Å²) in [6, 6.07) is 7.25. The van der Waals surface area contributed by atoms with Crippen molar-refractivity contribution < 1.29 is 9.59 Å². The minimum absolute atomic E-state index is 0.00737. The standard InChI is InChI=1S/C20H17ClN2O2/c21-17-7-2-1-4-12(17)10-19(24)22-13-8-9-15-14-5-3-6-16(14)20(25)23-18(15)11-13/h1-2,4,7-9,11,15H,3,5-6,10H2,(H,23,25). The predicted octanol–water partition coefficient (Wildman–Crippen LogP) is 3.53. The fraction of sp³-hybridized carbons (Fsp3) is 0.250. The zero-order chi connectivity index (χ0) is 17.4. The molecule has 1 aromatic carbocycles. The van der Waals surface area contributed by atoms with Crippen LogP contribution < -0.4 is 5.32 Å². The summed E-state index contributed by atoms with van der Waals surface area (Å²) in [5.41, 5.74) is 4.29. The van der Waals surface area contributed by atoms with E-state index in [1.165, 1.54) is 5.57 Å². The molecule has 0 fully saturated rings. The zero-order valence-electron chi connectivity index (χ0n) is 13.6. The van der Waals surface area contributed by atoms with Crippen LogP contribution in [0.4, 0.5) is 0 Å². The summed E-state index contributed by atoms with van der Waals surface area (Å²) in [4.78, 5) is 28.6. The number of fused-ring (bicyclic) bond motifs is 2. The highest BCUT2D eigenvalue weighted by molar-refractivity contribution is 6.31. The fourth-order valence-corrected chi connectivity index (χ4v) is 3.85. The monoisotopic (exact) mass is 352 g/mol. The smallest absolute Gasteiger partial charge is 0.251 e. The van der Waals surface area contributed by atoms with Gasteiger partial charge in [-0.25, -0.2) is 4.99 Å². The zero-order valence-corrected chi connectivity index (χ0v) is 14.3. The Bertz CT molecular complexity index is 893. The van der Waals surface area contributed by atoms with Gasteiger partial charge < -0.3 is 5.32 Å². The van der Waals surface area contributed by atoms with Gasteiger partial charge in [-0.05, 0) is 48.6 Å². The molecule has 2 amide bonds. The SMILES string of the molecule is O=C(Cc1ccccc1Cl)N=C1C=CC2C(=C1)NC(=O)C1=C2CCC1. The topological polar surface area (TPSA) is 58.5 Å². The number of nitrogens with one attached hydrogen (secondary N) is 1. The molecule has 0 saturated heterocycles. The van der Waals surface area contributed by atoms with Gasteiger partial charge in [0, 0.05) is 22.2 Å². The highest BCUT2D eigenvalue weighted by Crippen LogP contribution is 2.39. The molecule has 1 heterocycles. The lowest BCUT2D eigenvalue weighted by Crippen LogP contribution is -2.35. The van der Waals surface area contributed by atoms with E-state index in [-0.39, 0.29) is 24.2 Å². The number of carbonyl (C=O) groups is 2. The molecule has 0 saturated carbocycles. The lowest BCUT2D eigenvalue weighted by atomic mass is 9.85. The van der Waals surface area contributed by atoms with Gasteiger partial charge in [0.1, 0.15) is 0 Å². The molecular weight excluding hydrogens is 336 g/mol. The highest BCUT2D eigenvalue weighted by Gasteiger charge is 2.34. The molecule has 4 rings (SSSR count). The molecule has 1 N–H and O–H groups in total. The number of hydrogen-bond donors (Lipinski definition) is 1. The van der Waals surface area contributed by atoms with Crippen LogP contribution in [0.1, 0.15) is 24.8 Å². The van der Waals surface area contributed by atoms with E-state index in [1.807, 2.05) is 30.4 Å². The van der Waals surface area contributed by atoms with Crippen LogP contribution in [0.2, 0.25) is 5.02 Å². The minimum Gasteiger partial charge on any atom is -0.325 e.